The van der Waals surface area contributed by atoms with Crippen molar-refractivity contribution in [3.8, 4) is 0 Å². The van der Waals surface area contributed by atoms with E-state index in [1.54, 1.807) is 6.92 Å². The van der Waals surface area contributed by atoms with Crippen LogP contribution in [0.3, 0.4) is 0 Å². The lowest BCUT2D eigenvalue weighted by atomic mass is 10.1. The maximum absolute atomic E-state index is 9.54. The number of hydrogen-bond acceptors (Lipinski definition) is 6. The van der Waals surface area contributed by atoms with Gasteiger partial charge in [-0.3, -0.25) is 9.30 Å². The highest BCUT2D eigenvalue weighted by Crippen LogP contribution is 2.24. The Kier molecular flexibility index (Phi) is 3.58. The van der Waals surface area contributed by atoms with Crippen LogP contribution in [-0.4, -0.2) is 52.5 Å². The minimum atomic E-state index is -0.577. The highest BCUT2D eigenvalue weighted by atomic mass is 16.3. The lowest BCUT2D eigenvalue weighted by molar-refractivity contribution is 0.0879. The first-order chi connectivity index (χ1) is 11.5. The lowest BCUT2D eigenvalue weighted by Crippen LogP contribution is -2.47. The minimum absolute atomic E-state index is 0.311. The van der Waals surface area contributed by atoms with Crippen LogP contribution in [0.1, 0.15) is 41.8 Å². The van der Waals surface area contributed by atoms with Crippen LogP contribution >= 0.6 is 0 Å². The monoisotopic (exact) mass is 327 g/mol. The fourth-order valence-corrected chi connectivity index (χ4v) is 3.24. The Hall–Kier alpha value is -2.32. The predicted octanol–water partition coefficient (Wildman–Crippen LogP) is 1.05. The second-order valence-corrected chi connectivity index (χ2v) is 6.57. The van der Waals surface area contributed by atoms with Crippen LogP contribution < -0.4 is 0 Å². The molecular formula is C16H21N7O. The molecule has 0 radical (unpaired) electrons. The zero-order valence-electron chi connectivity index (χ0n) is 14.1. The van der Waals surface area contributed by atoms with Gasteiger partial charge in [0.05, 0.1) is 30.2 Å². The van der Waals surface area contributed by atoms with E-state index in [9.17, 15) is 5.11 Å². The number of rotatable bonds is 4. The van der Waals surface area contributed by atoms with Gasteiger partial charge in [0.1, 0.15) is 5.69 Å². The number of imidazole rings is 1. The van der Waals surface area contributed by atoms with E-state index < -0.39 is 6.10 Å². The first kappa shape index (κ1) is 15.2. The molecule has 3 aromatic rings. The van der Waals surface area contributed by atoms with Crippen molar-refractivity contribution in [2.75, 3.05) is 13.1 Å². The third-order valence-corrected chi connectivity index (χ3v) is 4.52. The zero-order chi connectivity index (χ0) is 16.8. The molecule has 1 N–H and O–H groups in total. The molecule has 0 bridgehead atoms. The Bertz CT molecular complexity index is 876. The molecule has 0 saturated carbocycles. The maximum atomic E-state index is 9.54. The fraction of sp³-hybridized carbons (Fsp3) is 0.500. The SMILES string of the molecule is Cc1cc(C)n2c(CN3CC(n4cc(C(C)O)nn4)C3)cnc2n1. The molecular weight excluding hydrogens is 306 g/mol. The number of aryl methyl sites for hydroxylation is 2. The van der Waals surface area contributed by atoms with Crippen molar-refractivity contribution in [1.29, 1.82) is 0 Å². The van der Waals surface area contributed by atoms with Gasteiger partial charge in [-0.2, -0.15) is 0 Å². The summed E-state index contributed by atoms with van der Waals surface area (Å²) in [6, 6.07) is 2.38. The predicted molar refractivity (Wildman–Crippen MR) is 87.4 cm³/mol. The van der Waals surface area contributed by atoms with Gasteiger partial charge in [-0.25, -0.2) is 14.6 Å². The van der Waals surface area contributed by atoms with E-state index in [0.29, 0.717) is 11.7 Å². The van der Waals surface area contributed by atoms with Crippen molar-refractivity contribution in [2.45, 2.75) is 39.5 Å². The van der Waals surface area contributed by atoms with Crippen LogP contribution in [0.15, 0.2) is 18.5 Å². The van der Waals surface area contributed by atoms with Gasteiger partial charge in [0.2, 0.25) is 5.78 Å². The van der Waals surface area contributed by atoms with Crippen LogP contribution in [0.5, 0.6) is 0 Å². The van der Waals surface area contributed by atoms with E-state index in [0.717, 1.165) is 42.5 Å². The van der Waals surface area contributed by atoms with Gasteiger partial charge < -0.3 is 5.11 Å². The summed E-state index contributed by atoms with van der Waals surface area (Å²) in [4.78, 5) is 11.2. The van der Waals surface area contributed by atoms with E-state index in [1.165, 1.54) is 0 Å². The second-order valence-electron chi connectivity index (χ2n) is 6.57. The zero-order valence-corrected chi connectivity index (χ0v) is 14.1. The van der Waals surface area contributed by atoms with E-state index in [-0.39, 0.29) is 0 Å². The average Bonchev–Trinajstić information content (AvgIpc) is 3.09. The van der Waals surface area contributed by atoms with E-state index in [4.69, 9.17) is 0 Å². The molecule has 0 amide bonds. The molecule has 0 aromatic carbocycles. The van der Waals surface area contributed by atoms with Gasteiger partial charge in [0.15, 0.2) is 0 Å². The standard InChI is InChI=1S/C16H21N7O/c1-10-4-11(2)23-13(5-17-16(23)18-10)6-21-7-14(8-21)22-9-15(12(3)24)19-20-22/h4-5,9,12,14,24H,6-8H2,1-3H3. The highest BCUT2D eigenvalue weighted by molar-refractivity contribution is 5.35. The maximum Gasteiger partial charge on any atom is 0.234 e. The van der Waals surface area contributed by atoms with Crippen LogP contribution in [0, 0.1) is 13.8 Å². The molecule has 8 heteroatoms. The summed E-state index contributed by atoms with van der Waals surface area (Å²) in [5.41, 5.74) is 3.91. The van der Waals surface area contributed by atoms with Crippen molar-refractivity contribution in [2.24, 2.45) is 0 Å². The molecule has 1 saturated heterocycles. The Morgan fingerprint density at radius 2 is 2.12 bits per heavy atom. The molecule has 4 rings (SSSR count). The summed E-state index contributed by atoms with van der Waals surface area (Å²) in [6.07, 6.45) is 3.16. The van der Waals surface area contributed by atoms with Gasteiger partial charge in [-0.05, 0) is 26.8 Å². The van der Waals surface area contributed by atoms with Gasteiger partial charge in [0, 0.05) is 31.0 Å². The minimum Gasteiger partial charge on any atom is -0.387 e. The molecule has 0 spiro atoms. The molecule has 24 heavy (non-hydrogen) atoms. The first-order valence-corrected chi connectivity index (χ1v) is 8.14. The summed E-state index contributed by atoms with van der Waals surface area (Å²) in [5.74, 6) is 0.762. The van der Waals surface area contributed by atoms with E-state index in [1.807, 2.05) is 24.0 Å². The Morgan fingerprint density at radius 3 is 2.83 bits per heavy atom. The number of hydrogen-bond donors (Lipinski definition) is 1. The number of aliphatic hydroxyl groups excluding tert-OH is 1. The molecule has 8 nitrogen and oxygen atoms in total. The second kappa shape index (κ2) is 5.64. The molecule has 1 atom stereocenters. The molecule has 4 heterocycles. The molecule has 1 aliphatic rings. The molecule has 126 valence electrons. The van der Waals surface area contributed by atoms with E-state index in [2.05, 4.69) is 42.6 Å². The topological polar surface area (TPSA) is 84.4 Å². The smallest absolute Gasteiger partial charge is 0.234 e. The molecule has 3 aromatic heterocycles. The third kappa shape index (κ3) is 2.57. The van der Waals surface area contributed by atoms with Crippen molar-refractivity contribution >= 4 is 5.78 Å². The van der Waals surface area contributed by atoms with E-state index >= 15 is 0 Å². The van der Waals surface area contributed by atoms with Crippen molar-refractivity contribution in [1.82, 2.24) is 34.3 Å². The Balaban J connectivity index is 1.45. The molecule has 0 aliphatic carbocycles. The summed E-state index contributed by atoms with van der Waals surface area (Å²) < 4.78 is 3.96. The van der Waals surface area contributed by atoms with Gasteiger partial charge in [0.25, 0.3) is 0 Å². The Morgan fingerprint density at radius 1 is 1.33 bits per heavy atom. The van der Waals surface area contributed by atoms with Gasteiger partial charge >= 0.3 is 0 Å². The van der Waals surface area contributed by atoms with Crippen LogP contribution in [0.4, 0.5) is 0 Å². The number of likely N-dealkylation sites (tertiary alicyclic amines) is 1. The third-order valence-electron chi connectivity index (χ3n) is 4.52. The van der Waals surface area contributed by atoms with Gasteiger partial charge in [-0.1, -0.05) is 5.21 Å². The van der Waals surface area contributed by atoms with Gasteiger partial charge in [-0.15, -0.1) is 5.10 Å². The van der Waals surface area contributed by atoms with Crippen molar-refractivity contribution in [3.05, 3.63) is 41.2 Å². The molecule has 1 aliphatic heterocycles. The largest absolute Gasteiger partial charge is 0.387 e. The molecule has 1 fully saturated rings. The first-order valence-electron chi connectivity index (χ1n) is 8.14. The van der Waals surface area contributed by atoms with Crippen molar-refractivity contribution < 1.29 is 5.11 Å². The lowest BCUT2D eigenvalue weighted by Gasteiger charge is -2.38. The fourth-order valence-electron chi connectivity index (χ4n) is 3.24. The van der Waals surface area contributed by atoms with Crippen LogP contribution in [0.2, 0.25) is 0 Å². The average molecular weight is 327 g/mol. The van der Waals surface area contributed by atoms with Crippen LogP contribution in [0.25, 0.3) is 5.78 Å². The highest BCUT2D eigenvalue weighted by Gasteiger charge is 2.30. The summed E-state index contributed by atoms with van der Waals surface area (Å²) in [7, 11) is 0. The Labute approximate surface area is 139 Å². The number of fused-ring (bicyclic) bond motifs is 1. The molecule has 1 unspecified atom stereocenters. The quantitative estimate of drug-likeness (QED) is 0.771. The number of aromatic nitrogens is 6. The summed E-state index contributed by atoms with van der Waals surface area (Å²) in [6.45, 7) is 8.42. The summed E-state index contributed by atoms with van der Waals surface area (Å²) >= 11 is 0. The normalized spacial score (nSPS) is 17.3. The summed E-state index contributed by atoms with van der Waals surface area (Å²) in [5, 5.41) is 17.7. The van der Waals surface area contributed by atoms with Crippen LogP contribution in [-0.2, 0) is 6.54 Å². The number of aliphatic hydroxyl groups is 1. The van der Waals surface area contributed by atoms with Crippen molar-refractivity contribution in [3.63, 3.8) is 0 Å². The number of nitrogens with zero attached hydrogens (tertiary/aromatic N) is 7.